The average molecular weight is 191 g/mol. The van der Waals surface area contributed by atoms with Gasteiger partial charge in [-0.15, -0.1) is 0 Å². The van der Waals surface area contributed by atoms with Crippen LogP contribution in [0.5, 0.6) is 0 Å². The van der Waals surface area contributed by atoms with E-state index in [1.54, 1.807) is 7.05 Å². The van der Waals surface area contributed by atoms with Crippen molar-refractivity contribution in [1.29, 1.82) is 0 Å². The van der Waals surface area contributed by atoms with Gasteiger partial charge in [0, 0.05) is 7.05 Å². The average Bonchev–Trinajstić information content (AvgIpc) is 2.97. The van der Waals surface area contributed by atoms with Crippen molar-refractivity contribution in [1.82, 2.24) is 5.32 Å². The molecule has 76 valence electrons. The molecule has 2 nitrogen and oxygen atoms in total. The summed E-state index contributed by atoms with van der Waals surface area (Å²) in [5.74, 6) is 0.190. The van der Waals surface area contributed by atoms with Crippen molar-refractivity contribution in [2.75, 3.05) is 7.05 Å². The quantitative estimate of drug-likeness (QED) is 0.712. The van der Waals surface area contributed by atoms with E-state index in [0.717, 1.165) is 25.7 Å². The van der Waals surface area contributed by atoms with E-state index in [9.17, 15) is 4.79 Å². The first-order valence-corrected chi connectivity index (χ1v) is 5.29. The van der Waals surface area contributed by atoms with Crippen LogP contribution in [0.3, 0.4) is 0 Å². The van der Waals surface area contributed by atoms with E-state index >= 15 is 0 Å². The van der Waals surface area contributed by atoms with E-state index in [1.165, 1.54) is 11.1 Å². The summed E-state index contributed by atoms with van der Waals surface area (Å²) in [6, 6.07) is 0. The third kappa shape index (κ3) is 1.39. The molecule has 0 radical (unpaired) electrons. The lowest BCUT2D eigenvalue weighted by Crippen LogP contribution is -2.30. The third-order valence-electron chi connectivity index (χ3n) is 3.27. The molecule has 2 aliphatic carbocycles. The van der Waals surface area contributed by atoms with Gasteiger partial charge in [-0.1, -0.05) is 17.7 Å². The molecule has 1 fully saturated rings. The molecule has 0 atom stereocenters. The van der Waals surface area contributed by atoms with Gasteiger partial charge in [0.05, 0.1) is 5.41 Å². The standard InChI is InChI=1S/C12H17NO/c1-9-4-3-5-10(8-9)12(6-7-12)11(14)13-2/h5,8H,3-4,6-7H2,1-2H3,(H,13,14). The fourth-order valence-corrected chi connectivity index (χ4v) is 2.20. The number of allylic oxidation sites excluding steroid dienone is 3. The van der Waals surface area contributed by atoms with Gasteiger partial charge >= 0.3 is 0 Å². The van der Waals surface area contributed by atoms with E-state index in [4.69, 9.17) is 0 Å². The highest BCUT2D eigenvalue weighted by molar-refractivity contribution is 5.89. The van der Waals surface area contributed by atoms with Crippen LogP contribution in [0.2, 0.25) is 0 Å². The van der Waals surface area contributed by atoms with Crippen molar-refractivity contribution < 1.29 is 4.79 Å². The van der Waals surface area contributed by atoms with Crippen molar-refractivity contribution in [2.24, 2.45) is 5.41 Å². The fraction of sp³-hybridized carbons (Fsp3) is 0.583. The number of hydrogen-bond donors (Lipinski definition) is 1. The summed E-state index contributed by atoms with van der Waals surface area (Å²) < 4.78 is 0. The van der Waals surface area contributed by atoms with Crippen LogP contribution < -0.4 is 5.32 Å². The molecule has 0 spiro atoms. The summed E-state index contributed by atoms with van der Waals surface area (Å²) in [6.07, 6.45) is 8.70. The molecule has 0 saturated heterocycles. The molecule has 1 saturated carbocycles. The summed E-state index contributed by atoms with van der Waals surface area (Å²) in [4.78, 5) is 11.7. The minimum absolute atomic E-state index is 0.156. The summed E-state index contributed by atoms with van der Waals surface area (Å²) >= 11 is 0. The normalized spacial score (nSPS) is 23.6. The largest absolute Gasteiger partial charge is 0.358 e. The molecule has 0 aromatic heterocycles. The van der Waals surface area contributed by atoms with Gasteiger partial charge in [0.1, 0.15) is 0 Å². The van der Waals surface area contributed by atoms with Crippen molar-refractivity contribution >= 4 is 5.91 Å². The highest BCUT2D eigenvalue weighted by Gasteiger charge is 2.51. The smallest absolute Gasteiger partial charge is 0.230 e. The number of carbonyl (C=O) groups excluding carboxylic acids is 1. The van der Waals surface area contributed by atoms with Crippen LogP contribution in [-0.4, -0.2) is 13.0 Å². The van der Waals surface area contributed by atoms with Gasteiger partial charge < -0.3 is 5.32 Å². The summed E-state index contributed by atoms with van der Waals surface area (Å²) in [5, 5.41) is 2.77. The first kappa shape index (κ1) is 9.50. The van der Waals surface area contributed by atoms with Gasteiger partial charge in [0.2, 0.25) is 5.91 Å². The van der Waals surface area contributed by atoms with Gasteiger partial charge in [-0.3, -0.25) is 4.79 Å². The van der Waals surface area contributed by atoms with Gasteiger partial charge in [-0.25, -0.2) is 0 Å². The highest BCUT2D eigenvalue weighted by Crippen LogP contribution is 2.53. The van der Waals surface area contributed by atoms with Crippen molar-refractivity contribution in [3.05, 3.63) is 23.3 Å². The third-order valence-corrected chi connectivity index (χ3v) is 3.27. The van der Waals surface area contributed by atoms with Crippen LogP contribution in [-0.2, 0) is 4.79 Å². The van der Waals surface area contributed by atoms with Gasteiger partial charge in [-0.05, 0) is 38.2 Å². The lowest BCUT2D eigenvalue weighted by Gasteiger charge is -2.19. The number of amides is 1. The Hall–Kier alpha value is -1.05. The molecular weight excluding hydrogens is 174 g/mol. The maximum absolute atomic E-state index is 11.7. The van der Waals surface area contributed by atoms with Crippen LogP contribution in [0.1, 0.15) is 32.6 Å². The SMILES string of the molecule is CNC(=O)C1(C2=CCCC(C)=C2)CC1. The topological polar surface area (TPSA) is 29.1 Å². The van der Waals surface area contributed by atoms with E-state index in [1.807, 2.05) is 0 Å². The molecule has 0 aromatic rings. The molecule has 0 unspecified atom stereocenters. The van der Waals surface area contributed by atoms with E-state index in [2.05, 4.69) is 24.4 Å². The van der Waals surface area contributed by atoms with Crippen LogP contribution in [0.15, 0.2) is 23.3 Å². The zero-order valence-electron chi connectivity index (χ0n) is 8.89. The Labute approximate surface area is 85.1 Å². The van der Waals surface area contributed by atoms with Crippen LogP contribution >= 0.6 is 0 Å². The van der Waals surface area contributed by atoms with Crippen LogP contribution in [0.4, 0.5) is 0 Å². The first-order valence-electron chi connectivity index (χ1n) is 5.29. The lowest BCUT2D eigenvalue weighted by molar-refractivity contribution is -0.124. The van der Waals surface area contributed by atoms with Gasteiger partial charge in [0.25, 0.3) is 0 Å². The fourth-order valence-electron chi connectivity index (χ4n) is 2.20. The van der Waals surface area contributed by atoms with Crippen molar-refractivity contribution in [2.45, 2.75) is 32.6 Å². The number of hydrogen-bond acceptors (Lipinski definition) is 1. The Morgan fingerprint density at radius 3 is 2.71 bits per heavy atom. The molecule has 14 heavy (non-hydrogen) atoms. The Morgan fingerprint density at radius 1 is 1.50 bits per heavy atom. The molecule has 2 rings (SSSR count). The lowest BCUT2D eigenvalue weighted by atomic mass is 9.88. The summed E-state index contributed by atoms with van der Waals surface area (Å²) in [7, 11) is 1.72. The molecule has 2 heteroatoms. The van der Waals surface area contributed by atoms with Crippen LogP contribution in [0, 0.1) is 5.41 Å². The van der Waals surface area contributed by atoms with Gasteiger partial charge in [-0.2, -0.15) is 0 Å². The number of nitrogens with one attached hydrogen (secondary N) is 1. The first-order chi connectivity index (χ1) is 6.69. The van der Waals surface area contributed by atoms with E-state index in [-0.39, 0.29) is 11.3 Å². The second kappa shape index (κ2) is 3.26. The second-order valence-corrected chi connectivity index (χ2v) is 4.35. The molecule has 1 N–H and O–H groups in total. The maximum atomic E-state index is 11.7. The molecular formula is C12H17NO. The highest BCUT2D eigenvalue weighted by atomic mass is 16.2. The number of carbonyl (C=O) groups is 1. The zero-order valence-corrected chi connectivity index (χ0v) is 8.89. The molecule has 0 heterocycles. The van der Waals surface area contributed by atoms with Crippen molar-refractivity contribution in [3.63, 3.8) is 0 Å². The Morgan fingerprint density at radius 2 is 2.21 bits per heavy atom. The van der Waals surface area contributed by atoms with Crippen molar-refractivity contribution in [3.8, 4) is 0 Å². The molecule has 2 aliphatic rings. The Balaban J connectivity index is 2.23. The monoisotopic (exact) mass is 191 g/mol. The predicted molar refractivity (Wildman–Crippen MR) is 56.8 cm³/mol. The number of rotatable bonds is 2. The van der Waals surface area contributed by atoms with Gasteiger partial charge in [0.15, 0.2) is 0 Å². The Bertz CT molecular complexity index is 321. The molecule has 0 aromatic carbocycles. The van der Waals surface area contributed by atoms with E-state index in [0.29, 0.717) is 0 Å². The molecule has 0 bridgehead atoms. The molecule has 1 amide bonds. The summed E-state index contributed by atoms with van der Waals surface area (Å²) in [6.45, 7) is 2.15. The zero-order chi connectivity index (χ0) is 10.2. The minimum atomic E-state index is -0.156. The minimum Gasteiger partial charge on any atom is -0.358 e. The Kier molecular flexibility index (Phi) is 2.22. The maximum Gasteiger partial charge on any atom is 0.230 e. The summed E-state index contributed by atoms with van der Waals surface area (Å²) in [5.41, 5.74) is 2.49. The van der Waals surface area contributed by atoms with E-state index < -0.39 is 0 Å². The predicted octanol–water partition coefficient (Wildman–Crippen LogP) is 2.18. The molecule has 0 aliphatic heterocycles. The second-order valence-electron chi connectivity index (χ2n) is 4.35. The van der Waals surface area contributed by atoms with Crippen LogP contribution in [0.25, 0.3) is 0 Å².